The van der Waals surface area contributed by atoms with E-state index < -0.39 is 0 Å². The summed E-state index contributed by atoms with van der Waals surface area (Å²) in [7, 11) is 3.66. The Morgan fingerprint density at radius 1 is 1.43 bits per heavy atom. The second kappa shape index (κ2) is 4.58. The van der Waals surface area contributed by atoms with Crippen LogP contribution >= 0.6 is 12.2 Å². The minimum Gasteiger partial charge on any atom is -0.365 e. The predicted molar refractivity (Wildman–Crippen MR) is 61.2 cm³/mol. The van der Waals surface area contributed by atoms with E-state index in [2.05, 4.69) is 11.4 Å². The van der Waals surface area contributed by atoms with E-state index >= 15 is 0 Å². The van der Waals surface area contributed by atoms with Crippen LogP contribution in [0.2, 0.25) is 0 Å². The average molecular weight is 205 g/mol. The molecule has 0 bridgehead atoms. The molecule has 0 saturated heterocycles. The average Bonchev–Trinajstić information content (AvgIpc) is 2.27. The lowest BCUT2D eigenvalue weighted by Crippen LogP contribution is -2.34. The van der Waals surface area contributed by atoms with Gasteiger partial charge in [-0.25, -0.2) is 0 Å². The van der Waals surface area contributed by atoms with E-state index in [4.69, 9.17) is 17.5 Å². The molecule has 0 aliphatic heterocycles. The van der Waals surface area contributed by atoms with Crippen LogP contribution in [0.1, 0.15) is 5.56 Å². The van der Waals surface area contributed by atoms with Crippen molar-refractivity contribution in [1.29, 1.82) is 5.26 Å². The van der Waals surface area contributed by atoms with Crippen LogP contribution in [0.4, 0.5) is 5.69 Å². The largest absolute Gasteiger partial charge is 0.365 e. The van der Waals surface area contributed by atoms with Gasteiger partial charge in [0.25, 0.3) is 0 Å². The molecule has 0 aliphatic rings. The van der Waals surface area contributed by atoms with Gasteiger partial charge >= 0.3 is 0 Å². The Balaban J connectivity index is 2.88. The van der Waals surface area contributed by atoms with Crippen molar-refractivity contribution in [3.05, 3.63) is 29.8 Å². The number of anilines is 1. The molecule has 0 amide bonds. The van der Waals surface area contributed by atoms with E-state index in [1.165, 1.54) is 0 Å². The lowest BCUT2D eigenvalue weighted by Gasteiger charge is -2.19. The summed E-state index contributed by atoms with van der Waals surface area (Å²) in [5, 5.41) is 12.2. The second-order valence-electron chi connectivity index (χ2n) is 2.77. The van der Waals surface area contributed by atoms with Gasteiger partial charge in [-0.2, -0.15) is 5.26 Å². The fraction of sp³-hybridized carbons (Fsp3) is 0.200. The molecular formula is C10H11N3S. The molecule has 0 aliphatic carbocycles. The Morgan fingerprint density at radius 2 is 2.00 bits per heavy atom. The highest BCUT2D eigenvalue weighted by Gasteiger charge is 2.03. The number of nitrogens with zero attached hydrogens (tertiary/aromatic N) is 2. The monoisotopic (exact) mass is 205 g/mol. The fourth-order valence-electron chi connectivity index (χ4n) is 1.04. The number of nitriles is 1. The van der Waals surface area contributed by atoms with Gasteiger partial charge in [-0.1, -0.05) is 0 Å². The van der Waals surface area contributed by atoms with Crippen molar-refractivity contribution in [3.63, 3.8) is 0 Å². The molecule has 0 aromatic heterocycles. The van der Waals surface area contributed by atoms with Crippen LogP contribution in [0.3, 0.4) is 0 Å². The fourth-order valence-corrected chi connectivity index (χ4v) is 1.15. The van der Waals surface area contributed by atoms with Gasteiger partial charge in [0, 0.05) is 19.8 Å². The van der Waals surface area contributed by atoms with E-state index in [9.17, 15) is 0 Å². The highest BCUT2D eigenvalue weighted by Crippen LogP contribution is 2.13. The Bertz CT molecular complexity index is 364. The molecule has 3 nitrogen and oxygen atoms in total. The first-order valence-electron chi connectivity index (χ1n) is 4.14. The zero-order valence-electron chi connectivity index (χ0n) is 8.11. The van der Waals surface area contributed by atoms with Crippen molar-refractivity contribution < 1.29 is 0 Å². The zero-order chi connectivity index (χ0) is 10.6. The van der Waals surface area contributed by atoms with Crippen LogP contribution in [0, 0.1) is 11.3 Å². The van der Waals surface area contributed by atoms with Gasteiger partial charge in [-0.15, -0.1) is 0 Å². The van der Waals surface area contributed by atoms with Gasteiger partial charge in [-0.05, 0) is 36.5 Å². The molecule has 1 aromatic rings. The van der Waals surface area contributed by atoms with Crippen molar-refractivity contribution in [2.75, 3.05) is 19.0 Å². The molecule has 0 atom stereocenters. The standard InChI is InChI=1S/C10H11N3S/c1-12-10(14)13(2)9-5-3-8(7-11)4-6-9/h3-6H,1-2H3,(H,12,14). The first-order chi connectivity index (χ1) is 6.69. The molecular weight excluding hydrogens is 194 g/mol. The molecule has 1 rings (SSSR count). The molecule has 1 aromatic carbocycles. The summed E-state index contributed by atoms with van der Waals surface area (Å²) in [4.78, 5) is 1.84. The third kappa shape index (κ3) is 2.21. The lowest BCUT2D eigenvalue weighted by molar-refractivity contribution is 1.12. The molecule has 0 unspecified atom stereocenters. The van der Waals surface area contributed by atoms with E-state index in [1.54, 1.807) is 19.2 Å². The smallest absolute Gasteiger partial charge is 0.172 e. The minimum absolute atomic E-state index is 0.648. The summed E-state index contributed by atoms with van der Waals surface area (Å²) < 4.78 is 0. The molecule has 0 saturated carbocycles. The summed E-state index contributed by atoms with van der Waals surface area (Å²) in [5.74, 6) is 0. The Labute approximate surface area is 89.0 Å². The molecule has 0 radical (unpaired) electrons. The van der Waals surface area contributed by atoms with Crippen molar-refractivity contribution in [2.45, 2.75) is 0 Å². The van der Waals surface area contributed by atoms with Gasteiger partial charge < -0.3 is 10.2 Å². The molecule has 0 fully saturated rings. The number of thiocarbonyl (C=S) groups is 1. The Hall–Kier alpha value is -1.60. The topological polar surface area (TPSA) is 39.1 Å². The number of benzene rings is 1. The maximum Gasteiger partial charge on any atom is 0.172 e. The second-order valence-corrected chi connectivity index (χ2v) is 3.16. The molecule has 0 spiro atoms. The minimum atomic E-state index is 0.648. The third-order valence-electron chi connectivity index (χ3n) is 1.90. The maximum absolute atomic E-state index is 8.62. The number of rotatable bonds is 1. The molecule has 72 valence electrons. The van der Waals surface area contributed by atoms with Gasteiger partial charge in [0.1, 0.15) is 0 Å². The summed E-state index contributed by atoms with van der Waals surface area (Å²) in [6.45, 7) is 0. The number of hydrogen-bond donors (Lipinski definition) is 1. The van der Waals surface area contributed by atoms with Crippen LogP contribution in [-0.2, 0) is 0 Å². The van der Waals surface area contributed by atoms with Crippen LogP contribution < -0.4 is 10.2 Å². The third-order valence-corrected chi connectivity index (χ3v) is 2.38. The molecule has 0 heterocycles. The Kier molecular flexibility index (Phi) is 3.43. The Morgan fingerprint density at radius 3 is 2.43 bits per heavy atom. The van der Waals surface area contributed by atoms with E-state index in [-0.39, 0.29) is 0 Å². The summed E-state index contributed by atoms with van der Waals surface area (Å²) in [5.41, 5.74) is 1.61. The highest BCUT2D eigenvalue weighted by molar-refractivity contribution is 7.80. The normalized spacial score (nSPS) is 8.93. The number of hydrogen-bond acceptors (Lipinski definition) is 2. The first kappa shape index (κ1) is 10.5. The van der Waals surface area contributed by atoms with Crippen molar-refractivity contribution >= 4 is 23.0 Å². The van der Waals surface area contributed by atoms with Crippen LogP contribution in [-0.4, -0.2) is 19.2 Å². The van der Waals surface area contributed by atoms with E-state index in [0.717, 1.165) is 5.69 Å². The van der Waals surface area contributed by atoms with Gasteiger partial charge in [0.2, 0.25) is 0 Å². The quantitative estimate of drug-likeness (QED) is 0.705. The maximum atomic E-state index is 8.62. The summed E-state index contributed by atoms with van der Waals surface area (Å²) in [6.07, 6.45) is 0. The highest BCUT2D eigenvalue weighted by atomic mass is 32.1. The molecule has 4 heteroatoms. The lowest BCUT2D eigenvalue weighted by atomic mass is 10.2. The van der Waals surface area contributed by atoms with Crippen LogP contribution in [0.5, 0.6) is 0 Å². The zero-order valence-corrected chi connectivity index (χ0v) is 8.93. The number of nitrogens with one attached hydrogen (secondary N) is 1. The van der Waals surface area contributed by atoms with Gasteiger partial charge in [0.15, 0.2) is 5.11 Å². The van der Waals surface area contributed by atoms with Gasteiger partial charge in [0.05, 0.1) is 11.6 Å². The SMILES string of the molecule is CNC(=S)N(C)c1ccc(C#N)cc1. The summed E-state index contributed by atoms with van der Waals surface area (Å²) >= 11 is 5.07. The molecule has 14 heavy (non-hydrogen) atoms. The van der Waals surface area contributed by atoms with Crippen molar-refractivity contribution in [3.8, 4) is 6.07 Å². The van der Waals surface area contributed by atoms with Crippen molar-refractivity contribution in [2.24, 2.45) is 0 Å². The summed E-state index contributed by atoms with van der Waals surface area (Å²) in [6, 6.07) is 9.33. The van der Waals surface area contributed by atoms with Gasteiger partial charge in [-0.3, -0.25) is 0 Å². The van der Waals surface area contributed by atoms with Crippen molar-refractivity contribution in [1.82, 2.24) is 5.32 Å². The molecule has 1 N–H and O–H groups in total. The van der Waals surface area contributed by atoms with Crippen LogP contribution in [0.15, 0.2) is 24.3 Å². The predicted octanol–water partition coefficient (Wildman–Crippen LogP) is 1.50. The van der Waals surface area contributed by atoms with E-state index in [1.807, 2.05) is 24.1 Å². The van der Waals surface area contributed by atoms with Crippen LogP contribution in [0.25, 0.3) is 0 Å². The first-order valence-corrected chi connectivity index (χ1v) is 4.55. The van der Waals surface area contributed by atoms with E-state index in [0.29, 0.717) is 10.7 Å².